The minimum absolute atomic E-state index is 0.0398. The Morgan fingerprint density at radius 2 is 1.68 bits per heavy atom. The molecule has 0 N–H and O–H groups in total. The number of ether oxygens (including phenoxy) is 1. The summed E-state index contributed by atoms with van der Waals surface area (Å²) in [6, 6.07) is 0. The summed E-state index contributed by atoms with van der Waals surface area (Å²) in [6.07, 6.45) is 17.9. The van der Waals surface area contributed by atoms with Crippen LogP contribution in [0.25, 0.3) is 0 Å². The minimum Gasteiger partial charge on any atom is -0.466 e. The first-order valence-electron chi connectivity index (χ1n) is 7.73. The molecule has 0 aromatic carbocycles. The summed E-state index contributed by atoms with van der Waals surface area (Å²) in [5, 5.41) is 0. The van der Waals surface area contributed by atoms with E-state index in [0.717, 1.165) is 32.1 Å². The van der Waals surface area contributed by atoms with Gasteiger partial charge in [0.15, 0.2) is 0 Å². The van der Waals surface area contributed by atoms with Crippen LogP contribution in [0.3, 0.4) is 0 Å². The van der Waals surface area contributed by atoms with Crippen LogP contribution in [0.1, 0.15) is 71.6 Å². The van der Waals surface area contributed by atoms with Crippen molar-refractivity contribution in [2.24, 2.45) is 0 Å². The first-order chi connectivity index (χ1) is 9.31. The molecule has 2 nitrogen and oxygen atoms in total. The number of hydrogen-bond acceptors (Lipinski definition) is 2. The Labute approximate surface area is 118 Å². The van der Waals surface area contributed by atoms with Gasteiger partial charge in [-0.15, -0.1) is 0 Å². The number of hydrogen-bond donors (Lipinski definition) is 0. The Kier molecular flexibility index (Phi) is 14.2. The van der Waals surface area contributed by atoms with Crippen LogP contribution in [0.5, 0.6) is 0 Å². The van der Waals surface area contributed by atoms with Crippen LogP contribution in [0, 0.1) is 0 Å². The second-order valence-corrected chi connectivity index (χ2v) is 4.79. The van der Waals surface area contributed by atoms with Crippen LogP contribution in [-0.2, 0) is 9.53 Å². The quantitative estimate of drug-likeness (QED) is 0.276. The van der Waals surface area contributed by atoms with Crippen LogP contribution in [-0.4, -0.2) is 12.6 Å². The zero-order valence-corrected chi connectivity index (χ0v) is 12.7. The Morgan fingerprint density at radius 1 is 0.947 bits per heavy atom. The Hall–Kier alpha value is -1.05. The molecule has 0 aliphatic heterocycles. The van der Waals surface area contributed by atoms with Crippen LogP contribution < -0.4 is 0 Å². The average molecular weight is 266 g/mol. The number of carbonyl (C=O) groups is 1. The van der Waals surface area contributed by atoms with Gasteiger partial charge in [0.1, 0.15) is 0 Å². The fourth-order valence-electron chi connectivity index (χ4n) is 1.74. The zero-order chi connectivity index (χ0) is 14.2. The SMILES string of the molecule is C/C=C/CCCOC(=O)CCCCC/C=C/CCC. The summed E-state index contributed by atoms with van der Waals surface area (Å²) >= 11 is 0. The highest BCUT2D eigenvalue weighted by molar-refractivity contribution is 5.69. The average Bonchev–Trinajstić information content (AvgIpc) is 2.41. The van der Waals surface area contributed by atoms with Gasteiger partial charge in [-0.1, -0.05) is 44.1 Å². The van der Waals surface area contributed by atoms with Crippen molar-refractivity contribution < 1.29 is 9.53 Å². The lowest BCUT2D eigenvalue weighted by atomic mass is 10.1. The van der Waals surface area contributed by atoms with Crippen molar-refractivity contribution in [3.63, 3.8) is 0 Å². The van der Waals surface area contributed by atoms with Crippen molar-refractivity contribution in [2.45, 2.75) is 71.6 Å². The van der Waals surface area contributed by atoms with E-state index < -0.39 is 0 Å². The summed E-state index contributed by atoms with van der Waals surface area (Å²) in [5.41, 5.74) is 0. The number of rotatable bonds is 12. The molecule has 0 aliphatic rings. The van der Waals surface area contributed by atoms with E-state index >= 15 is 0 Å². The highest BCUT2D eigenvalue weighted by Crippen LogP contribution is 2.06. The molecule has 0 saturated heterocycles. The van der Waals surface area contributed by atoms with Crippen LogP contribution >= 0.6 is 0 Å². The first kappa shape index (κ1) is 17.9. The van der Waals surface area contributed by atoms with Crippen molar-refractivity contribution in [2.75, 3.05) is 6.61 Å². The van der Waals surface area contributed by atoms with E-state index in [2.05, 4.69) is 25.2 Å². The highest BCUT2D eigenvalue weighted by atomic mass is 16.5. The third-order valence-corrected chi connectivity index (χ3v) is 2.89. The largest absolute Gasteiger partial charge is 0.466 e. The second-order valence-electron chi connectivity index (χ2n) is 4.79. The van der Waals surface area contributed by atoms with E-state index in [-0.39, 0.29) is 5.97 Å². The van der Waals surface area contributed by atoms with Crippen molar-refractivity contribution in [3.05, 3.63) is 24.3 Å². The second kappa shape index (κ2) is 15.0. The van der Waals surface area contributed by atoms with E-state index in [1.807, 2.05) is 13.0 Å². The third kappa shape index (κ3) is 14.9. The van der Waals surface area contributed by atoms with Gasteiger partial charge in [-0.3, -0.25) is 4.79 Å². The molecular weight excluding hydrogens is 236 g/mol. The summed E-state index contributed by atoms with van der Waals surface area (Å²) in [5.74, 6) is -0.0398. The van der Waals surface area contributed by atoms with E-state index in [0.29, 0.717) is 13.0 Å². The fourth-order valence-corrected chi connectivity index (χ4v) is 1.74. The molecule has 0 heterocycles. The normalized spacial score (nSPS) is 11.5. The van der Waals surface area contributed by atoms with Crippen LogP contribution in [0.2, 0.25) is 0 Å². The topological polar surface area (TPSA) is 26.3 Å². The highest BCUT2D eigenvalue weighted by Gasteiger charge is 2.01. The summed E-state index contributed by atoms with van der Waals surface area (Å²) in [6.45, 7) is 4.75. The van der Waals surface area contributed by atoms with Gasteiger partial charge in [-0.05, 0) is 45.4 Å². The minimum atomic E-state index is -0.0398. The van der Waals surface area contributed by atoms with Crippen molar-refractivity contribution >= 4 is 5.97 Å². The van der Waals surface area contributed by atoms with Crippen LogP contribution in [0.15, 0.2) is 24.3 Å². The van der Waals surface area contributed by atoms with Gasteiger partial charge in [0, 0.05) is 6.42 Å². The van der Waals surface area contributed by atoms with Gasteiger partial charge in [0.2, 0.25) is 0 Å². The Morgan fingerprint density at radius 3 is 2.42 bits per heavy atom. The predicted octanol–water partition coefficient (Wildman–Crippen LogP) is 5.19. The van der Waals surface area contributed by atoms with Gasteiger partial charge in [-0.2, -0.15) is 0 Å². The van der Waals surface area contributed by atoms with Gasteiger partial charge >= 0.3 is 5.97 Å². The van der Waals surface area contributed by atoms with Gasteiger partial charge < -0.3 is 4.74 Å². The van der Waals surface area contributed by atoms with Crippen molar-refractivity contribution in [1.82, 2.24) is 0 Å². The molecule has 2 heteroatoms. The standard InChI is InChI=1S/C17H30O2/c1-3-5-7-9-10-11-12-13-15-17(18)19-16-14-8-6-4-2/h4,6-7,9H,3,5,8,10-16H2,1-2H3/b6-4+,9-7+. The van der Waals surface area contributed by atoms with Crippen molar-refractivity contribution in [3.8, 4) is 0 Å². The lowest BCUT2D eigenvalue weighted by molar-refractivity contribution is -0.143. The number of esters is 1. The van der Waals surface area contributed by atoms with Gasteiger partial charge in [-0.25, -0.2) is 0 Å². The first-order valence-corrected chi connectivity index (χ1v) is 7.73. The van der Waals surface area contributed by atoms with E-state index in [4.69, 9.17) is 4.74 Å². The lowest BCUT2D eigenvalue weighted by Gasteiger charge is -2.03. The molecule has 0 fully saturated rings. The molecule has 0 spiro atoms. The molecule has 0 radical (unpaired) electrons. The fraction of sp³-hybridized carbons (Fsp3) is 0.706. The molecule has 0 aliphatic carbocycles. The van der Waals surface area contributed by atoms with E-state index in [1.54, 1.807) is 0 Å². The maximum absolute atomic E-state index is 11.4. The maximum Gasteiger partial charge on any atom is 0.305 e. The molecule has 0 rings (SSSR count). The lowest BCUT2D eigenvalue weighted by Crippen LogP contribution is -2.05. The van der Waals surface area contributed by atoms with Crippen molar-refractivity contribution in [1.29, 1.82) is 0 Å². The maximum atomic E-state index is 11.4. The monoisotopic (exact) mass is 266 g/mol. The summed E-state index contributed by atoms with van der Waals surface area (Å²) in [4.78, 5) is 11.4. The van der Waals surface area contributed by atoms with E-state index in [9.17, 15) is 4.79 Å². The van der Waals surface area contributed by atoms with Gasteiger partial charge in [0.05, 0.1) is 6.61 Å². The molecule has 110 valence electrons. The summed E-state index contributed by atoms with van der Waals surface area (Å²) < 4.78 is 5.16. The molecule has 0 unspecified atom stereocenters. The molecule has 0 aromatic heterocycles. The number of unbranched alkanes of at least 4 members (excludes halogenated alkanes) is 5. The summed E-state index contributed by atoms with van der Waals surface area (Å²) in [7, 11) is 0. The Bertz CT molecular complexity index is 254. The van der Waals surface area contributed by atoms with Crippen LogP contribution in [0.4, 0.5) is 0 Å². The molecule has 0 aromatic rings. The molecule has 0 atom stereocenters. The predicted molar refractivity (Wildman–Crippen MR) is 82.1 cm³/mol. The molecule has 0 saturated carbocycles. The molecule has 0 amide bonds. The van der Waals surface area contributed by atoms with E-state index in [1.165, 1.54) is 19.3 Å². The third-order valence-electron chi connectivity index (χ3n) is 2.89. The number of carbonyl (C=O) groups excluding carboxylic acids is 1. The van der Waals surface area contributed by atoms with Gasteiger partial charge in [0.25, 0.3) is 0 Å². The zero-order valence-electron chi connectivity index (χ0n) is 12.7. The molecule has 0 bridgehead atoms. The number of allylic oxidation sites excluding steroid dienone is 4. The smallest absolute Gasteiger partial charge is 0.305 e. The molecular formula is C17H30O2. The molecule has 19 heavy (non-hydrogen) atoms. The Balaban J connectivity index is 3.24.